The first-order valence-electron chi connectivity index (χ1n) is 6.73. The van der Waals surface area contributed by atoms with E-state index in [0.717, 1.165) is 18.5 Å². The fourth-order valence-corrected chi connectivity index (χ4v) is 2.61. The second-order valence-corrected chi connectivity index (χ2v) is 5.39. The minimum absolute atomic E-state index is 0.103. The van der Waals surface area contributed by atoms with Gasteiger partial charge in [-0.2, -0.15) is 0 Å². The smallest absolute Gasteiger partial charge is 0.290 e. The normalized spacial score (nSPS) is 10.1. The van der Waals surface area contributed by atoms with Gasteiger partial charge < -0.3 is 10.8 Å². The standard InChI is InChI=1S/C13H13N5OS.CH2O2/c14-13-17-9(7-20-13)3-2-6-18-8-16-10-4-1-5-15-11(10)12(18)19;2-1-3/h1,4-5,7-8H,2-3,6H2,(H2,14,17);1H,(H,2,3). The third-order valence-corrected chi connectivity index (χ3v) is 3.71. The van der Waals surface area contributed by atoms with Crippen LogP contribution in [0.2, 0.25) is 0 Å². The SMILES string of the molecule is Nc1nc(CCCn2cnc3cccnc3c2=O)cs1.O=CO. The van der Waals surface area contributed by atoms with E-state index in [1.807, 2.05) is 5.38 Å². The van der Waals surface area contributed by atoms with Gasteiger partial charge in [-0.1, -0.05) is 0 Å². The molecular formula is C14H15N5O3S. The molecular weight excluding hydrogens is 318 g/mol. The lowest BCUT2D eigenvalue weighted by Crippen LogP contribution is -2.21. The largest absolute Gasteiger partial charge is 0.483 e. The molecule has 0 atom stereocenters. The van der Waals surface area contributed by atoms with E-state index in [-0.39, 0.29) is 12.0 Å². The number of hydrogen-bond donors (Lipinski definition) is 2. The molecule has 0 fully saturated rings. The molecule has 0 unspecified atom stereocenters. The van der Waals surface area contributed by atoms with Gasteiger partial charge in [0.1, 0.15) is 0 Å². The van der Waals surface area contributed by atoms with E-state index in [1.165, 1.54) is 11.3 Å². The van der Waals surface area contributed by atoms with Crippen molar-refractivity contribution in [2.24, 2.45) is 0 Å². The van der Waals surface area contributed by atoms with Gasteiger partial charge in [-0.15, -0.1) is 11.3 Å². The van der Waals surface area contributed by atoms with Gasteiger partial charge in [-0.05, 0) is 25.0 Å². The van der Waals surface area contributed by atoms with E-state index >= 15 is 0 Å². The van der Waals surface area contributed by atoms with Crippen molar-refractivity contribution in [3.63, 3.8) is 0 Å². The molecule has 0 aromatic carbocycles. The van der Waals surface area contributed by atoms with Crippen LogP contribution in [0.1, 0.15) is 12.1 Å². The molecule has 3 aromatic heterocycles. The van der Waals surface area contributed by atoms with E-state index in [4.69, 9.17) is 15.6 Å². The Kier molecular flexibility index (Phi) is 5.75. The lowest BCUT2D eigenvalue weighted by molar-refractivity contribution is -0.122. The number of hydrogen-bond acceptors (Lipinski definition) is 7. The number of carbonyl (C=O) groups is 1. The summed E-state index contributed by atoms with van der Waals surface area (Å²) in [6, 6.07) is 3.55. The number of nitrogens with zero attached hydrogens (tertiary/aromatic N) is 4. The molecule has 23 heavy (non-hydrogen) atoms. The average molecular weight is 333 g/mol. The molecule has 120 valence electrons. The van der Waals surface area contributed by atoms with Crippen molar-refractivity contribution in [1.29, 1.82) is 0 Å². The number of thiazole rings is 1. The Morgan fingerprint density at radius 2 is 2.17 bits per heavy atom. The Labute approximate surface area is 135 Å². The molecule has 0 aliphatic carbocycles. The van der Waals surface area contributed by atoms with Gasteiger partial charge in [-0.3, -0.25) is 14.2 Å². The number of fused-ring (bicyclic) bond motifs is 1. The van der Waals surface area contributed by atoms with Gasteiger partial charge in [0, 0.05) is 18.1 Å². The Bertz CT molecular complexity index is 846. The maximum atomic E-state index is 12.2. The van der Waals surface area contributed by atoms with Crippen LogP contribution in [0.4, 0.5) is 5.13 Å². The zero-order chi connectivity index (χ0) is 16.7. The topological polar surface area (TPSA) is 124 Å². The van der Waals surface area contributed by atoms with Crippen LogP contribution in [0.15, 0.2) is 34.8 Å². The molecule has 3 heterocycles. The van der Waals surface area contributed by atoms with Crippen LogP contribution in [0.25, 0.3) is 11.0 Å². The van der Waals surface area contributed by atoms with E-state index < -0.39 is 0 Å². The number of aromatic nitrogens is 4. The van der Waals surface area contributed by atoms with Crippen molar-refractivity contribution in [2.75, 3.05) is 5.73 Å². The number of carboxylic acid groups (broad SMARTS) is 1. The van der Waals surface area contributed by atoms with Crippen LogP contribution >= 0.6 is 11.3 Å². The maximum Gasteiger partial charge on any atom is 0.290 e. The van der Waals surface area contributed by atoms with Crippen LogP contribution in [-0.4, -0.2) is 31.1 Å². The summed E-state index contributed by atoms with van der Waals surface area (Å²) in [6.07, 6.45) is 4.78. The van der Waals surface area contributed by atoms with E-state index in [9.17, 15) is 4.79 Å². The van der Waals surface area contributed by atoms with E-state index in [0.29, 0.717) is 22.7 Å². The quantitative estimate of drug-likeness (QED) is 0.686. The van der Waals surface area contributed by atoms with Crippen LogP contribution < -0.4 is 11.3 Å². The fourth-order valence-electron chi connectivity index (χ4n) is 2.01. The van der Waals surface area contributed by atoms with Crippen LogP contribution in [0.3, 0.4) is 0 Å². The Morgan fingerprint density at radius 3 is 2.87 bits per heavy atom. The van der Waals surface area contributed by atoms with Crippen LogP contribution in [-0.2, 0) is 17.8 Å². The summed E-state index contributed by atoms with van der Waals surface area (Å²) in [5, 5.41) is 9.41. The highest BCUT2D eigenvalue weighted by molar-refractivity contribution is 7.13. The molecule has 0 bridgehead atoms. The number of aryl methyl sites for hydroxylation is 2. The second-order valence-electron chi connectivity index (χ2n) is 4.50. The first-order chi connectivity index (χ1) is 11.2. The first-order valence-corrected chi connectivity index (χ1v) is 7.61. The van der Waals surface area contributed by atoms with Gasteiger partial charge in [0.25, 0.3) is 12.0 Å². The second kappa shape index (κ2) is 7.99. The third kappa shape index (κ3) is 4.33. The monoisotopic (exact) mass is 333 g/mol. The predicted molar refractivity (Wildman–Crippen MR) is 87.3 cm³/mol. The number of nitrogens with two attached hydrogens (primary N) is 1. The zero-order valence-corrected chi connectivity index (χ0v) is 12.9. The molecule has 0 aliphatic rings. The van der Waals surface area contributed by atoms with Crippen molar-refractivity contribution >= 4 is 34.0 Å². The molecule has 0 radical (unpaired) electrons. The van der Waals surface area contributed by atoms with Gasteiger partial charge in [0.05, 0.1) is 17.5 Å². The molecule has 3 aromatic rings. The van der Waals surface area contributed by atoms with Gasteiger partial charge >= 0.3 is 0 Å². The van der Waals surface area contributed by atoms with Crippen molar-refractivity contribution < 1.29 is 9.90 Å². The molecule has 0 aliphatic heterocycles. The summed E-state index contributed by atoms with van der Waals surface area (Å²) in [5.74, 6) is 0. The number of anilines is 1. The third-order valence-electron chi connectivity index (χ3n) is 2.99. The Morgan fingerprint density at radius 1 is 1.39 bits per heavy atom. The molecule has 8 nitrogen and oxygen atoms in total. The molecule has 0 saturated carbocycles. The van der Waals surface area contributed by atoms with Crippen LogP contribution in [0, 0.1) is 0 Å². The lowest BCUT2D eigenvalue weighted by Gasteiger charge is -2.05. The molecule has 3 N–H and O–H groups in total. The van der Waals surface area contributed by atoms with E-state index in [2.05, 4.69) is 15.0 Å². The molecule has 0 spiro atoms. The van der Waals surface area contributed by atoms with Gasteiger partial charge in [0.2, 0.25) is 0 Å². The Balaban J connectivity index is 0.000000595. The summed E-state index contributed by atoms with van der Waals surface area (Å²) < 4.78 is 1.59. The molecule has 0 amide bonds. The van der Waals surface area contributed by atoms with Gasteiger partial charge in [-0.25, -0.2) is 15.0 Å². The summed E-state index contributed by atoms with van der Waals surface area (Å²) in [7, 11) is 0. The highest BCUT2D eigenvalue weighted by Gasteiger charge is 2.05. The number of nitrogen functional groups attached to an aromatic ring is 1. The predicted octanol–water partition coefficient (Wildman–Crippen LogP) is 1.16. The summed E-state index contributed by atoms with van der Waals surface area (Å²) >= 11 is 1.43. The van der Waals surface area contributed by atoms with E-state index in [1.54, 1.807) is 29.2 Å². The van der Waals surface area contributed by atoms with Crippen molar-refractivity contribution in [1.82, 2.24) is 19.5 Å². The minimum atomic E-state index is -0.250. The lowest BCUT2D eigenvalue weighted by atomic mass is 10.2. The minimum Gasteiger partial charge on any atom is -0.483 e. The highest BCUT2D eigenvalue weighted by atomic mass is 32.1. The molecule has 0 saturated heterocycles. The van der Waals surface area contributed by atoms with Gasteiger partial charge in [0.15, 0.2) is 10.6 Å². The Hall–Kier alpha value is -2.81. The highest BCUT2D eigenvalue weighted by Crippen LogP contribution is 2.12. The van der Waals surface area contributed by atoms with Crippen molar-refractivity contribution in [3.8, 4) is 0 Å². The molecule has 9 heteroatoms. The maximum absolute atomic E-state index is 12.2. The number of pyridine rings is 1. The average Bonchev–Trinajstić information content (AvgIpc) is 2.96. The first kappa shape index (κ1) is 16.6. The van der Waals surface area contributed by atoms with Crippen molar-refractivity contribution in [3.05, 3.63) is 46.1 Å². The fraction of sp³-hybridized carbons (Fsp3) is 0.214. The number of rotatable bonds is 4. The summed E-state index contributed by atoms with van der Waals surface area (Å²) in [6.45, 7) is 0.343. The van der Waals surface area contributed by atoms with Crippen LogP contribution in [0.5, 0.6) is 0 Å². The summed E-state index contributed by atoms with van der Waals surface area (Å²) in [4.78, 5) is 33.1. The zero-order valence-electron chi connectivity index (χ0n) is 12.1. The molecule has 3 rings (SSSR count). The van der Waals surface area contributed by atoms with Crippen molar-refractivity contribution in [2.45, 2.75) is 19.4 Å². The summed E-state index contributed by atoms with van der Waals surface area (Å²) in [5.41, 5.74) is 7.48.